The molecular weight excluding hydrogens is 260 g/mol. The van der Waals surface area contributed by atoms with Crippen molar-refractivity contribution in [3.8, 4) is 0 Å². The van der Waals surface area contributed by atoms with E-state index in [9.17, 15) is 0 Å². The molecule has 0 unspecified atom stereocenters. The zero-order valence-electron chi connectivity index (χ0n) is 13.6. The fourth-order valence-electron chi connectivity index (χ4n) is 3.47. The summed E-state index contributed by atoms with van der Waals surface area (Å²) in [6.07, 6.45) is 2.26. The van der Waals surface area contributed by atoms with Gasteiger partial charge in [0, 0.05) is 12.1 Å². The van der Waals surface area contributed by atoms with Crippen molar-refractivity contribution in [2.75, 3.05) is 0 Å². The predicted molar refractivity (Wildman–Crippen MR) is 91.3 cm³/mol. The van der Waals surface area contributed by atoms with Crippen molar-refractivity contribution in [2.45, 2.75) is 58.2 Å². The third-order valence-corrected chi connectivity index (χ3v) is 11.3. The molecule has 2 nitrogen and oxygen atoms in total. The first-order valence-electron chi connectivity index (χ1n) is 7.49. The van der Waals surface area contributed by atoms with Gasteiger partial charge in [0.05, 0.1) is 8.07 Å². The maximum absolute atomic E-state index is 8.72. The van der Waals surface area contributed by atoms with Gasteiger partial charge < -0.3 is 0 Å². The van der Waals surface area contributed by atoms with E-state index in [0.717, 1.165) is 16.6 Å². The molecule has 1 rings (SSSR count). The standard InChI is InChI=1S/C17H27N2Si/c1-13(2)20(14(3)4,15(5)6)12-11-16-7-9-17(19-18)10-8-16/h7-15H,1-6H3/q+1. The van der Waals surface area contributed by atoms with E-state index in [1.807, 2.05) is 24.3 Å². The summed E-state index contributed by atoms with van der Waals surface area (Å²) in [7, 11) is -1.49. The van der Waals surface area contributed by atoms with E-state index in [4.69, 9.17) is 5.39 Å². The lowest BCUT2D eigenvalue weighted by Gasteiger charge is -2.40. The molecule has 0 aliphatic rings. The highest BCUT2D eigenvalue weighted by Gasteiger charge is 2.40. The largest absolute Gasteiger partial charge is 0.385 e. The number of diazo groups is 1. The Morgan fingerprint density at radius 2 is 1.35 bits per heavy atom. The van der Waals surface area contributed by atoms with E-state index in [0.29, 0.717) is 5.69 Å². The van der Waals surface area contributed by atoms with Gasteiger partial charge in [-0.1, -0.05) is 53.3 Å². The van der Waals surface area contributed by atoms with Gasteiger partial charge in [-0.2, -0.15) is 0 Å². The molecule has 20 heavy (non-hydrogen) atoms. The van der Waals surface area contributed by atoms with Crippen LogP contribution in [0.4, 0.5) is 5.69 Å². The van der Waals surface area contributed by atoms with Gasteiger partial charge in [0.2, 0.25) is 5.39 Å². The number of hydrogen-bond acceptors (Lipinski definition) is 1. The van der Waals surface area contributed by atoms with Gasteiger partial charge in [0.15, 0.2) is 4.98 Å². The highest BCUT2D eigenvalue weighted by Crippen LogP contribution is 2.42. The summed E-state index contributed by atoms with van der Waals surface area (Å²) in [6.45, 7) is 14.2. The Labute approximate surface area is 124 Å². The molecule has 0 spiro atoms. The maximum atomic E-state index is 8.72. The summed E-state index contributed by atoms with van der Waals surface area (Å²) in [5, 5.41) is 8.72. The van der Waals surface area contributed by atoms with Crippen LogP contribution < -0.4 is 0 Å². The van der Waals surface area contributed by atoms with Crippen molar-refractivity contribution in [3.63, 3.8) is 0 Å². The van der Waals surface area contributed by atoms with Crippen LogP contribution in [0.2, 0.25) is 16.6 Å². The van der Waals surface area contributed by atoms with Crippen molar-refractivity contribution in [1.82, 2.24) is 0 Å². The minimum absolute atomic E-state index is 0.599. The Morgan fingerprint density at radius 3 is 1.70 bits per heavy atom. The first-order valence-corrected chi connectivity index (χ1v) is 9.80. The van der Waals surface area contributed by atoms with Gasteiger partial charge in [0.25, 0.3) is 0 Å². The van der Waals surface area contributed by atoms with Crippen LogP contribution in [-0.2, 0) is 0 Å². The van der Waals surface area contributed by atoms with Gasteiger partial charge in [-0.3, -0.25) is 0 Å². The van der Waals surface area contributed by atoms with Crippen molar-refractivity contribution < 1.29 is 0 Å². The van der Waals surface area contributed by atoms with Crippen molar-refractivity contribution in [3.05, 3.63) is 40.5 Å². The molecule has 0 saturated carbocycles. The molecule has 0 heterocycles. The van der Waals surface area contributed by atoms with Gasteiger partial charge in [-0.15, -0.1) is 0 Å². The lowest BCUT2D eigenvalue weighted by Crippen LogP contribution is -2.42. The molecule has 1 aromatic carbocycles. The molecule has 0 aliphatic heterocycles. The fourth-order valence-corrected chi connectivity index (χ4v) is 9.11. The normalized spacial score (nSPS) is 12.6. The smallest absolute Gasteiger partial charge is 0.0929 e. The summed E-state index contributed by atoms with van der Waals surface area (Å²) in [4.78, 5) is 3.19. The second kappa shape index (κ2) is 6.85. The van der Waals surface area contributed by atoms with E-state index in [-0.39, 0.29) is 0 Å². The van der Waals surface area contributed by atoms with E-state index in [2.05, 4.69) is 58.3 Å². The quantitative estimate of drug-likeness (QED) is 0.454. The summed E-state index contributed by atoms with van der Waals surface area (Å²) >= 11 is 0. The number of hydrogen-bond donors (Lipinski definition) is 0. The van der Waals surface area contributed by atoms with Gasteiger partial charge >= 0.3 is 5.69 Å². The fraction of sp³-hybridized carbons (Fsp3) is 0.529. The molecule has 0 saturated heterocycles. The van der Waals surface area contributed by atoms with Crippen LogP contribution in [0.5, 0.6) is 0 Å². The Bertz CT molecular complexity index is 471. The Kier molecular flexibility index (Phi) is 5.70. The van der Waals surface area contributed by atoms with E-state index < -0.39 is 8.07 Å². The molecule has 0 aliphatic carbocycles. The molecule has 108 valence electrons. The zero-order chi connectivity index (χ0) is 15.3. The Hall–Kier alpha value is -1.40. The van der Waals surface area contributed by atoms with Crippen LogP contribution in [0, 0.1) is 5.39 Å². The third kappa shape index (κ3) is 3.37. The van der Waals surface area contributed by atoms with Crippen LogP contribution in [0.3, 0.4) is 0 Å². The van der Waals surface area contributed by atoms with Crippen LogP contribution >= 0.6 is 0 Å². The first kappa shape index (κ1) is 16.7. The average Bonchev–Trinajstić information content (AvgIpc) is 2.38. The highest BCUT2D eigenvalue weighted by molar-refractivity contribution is 6.88. The van der Waals surface area contributed by atoms with E-state index in [1.54, 1.807) is 0 Å². The monoisotopic (exact) mass is 287 g/mol. The Balaban J connectivity index is 3.11. The Morgan fingerprint density at radius 1 is 0.900 bits per heavy atom. The van der Waals surface area contributed by atoms with E-state index in [1.165, 1.54) is 5.56 Å². The number of rotatable bonds is 5. The van der Waals surface area contributed by atoms with Crippen LogP contribution in [0.25, 0.3) is 11.1 Å². The van der Waals surface area contributed by atoms with E-state index >= 15 is 0 Å². The summed E-state index contributed by atoms with van der Waals surface area (Å²) < 4.78 is 0. The molecule has 0 fully saturated rings. The topological polar surface area (TPSA) is 28.1 Å². The molecule has 0 atom stereocenters. The van der Waals surface area contributed by atoms with Crippen molar-refractivity contribution in [2.24, 2.45) is 0 Å². The highest BCUT2D eigenvalue weighted by atomic mass is 28.3. The lowest BCUT2D eigenvalue weighted by molar-refractivity contribution is 0.834. The second-order valence-corrected chi connectivity index (χ2v) is 12.3. The SMILES string of the molecule is CC(C)[Si](C=Cc1ccc([N+]#N)cc1)(C(C)C)C(C)C. The maximum Gasteiger partial charge on any atom is 0.385 e. The molecule has 0 bridgehead atoms. The minimum atomic E-state index is -1.49. The molecule has 0 amide bonds. The average molecular weight is 288 g/mol. The second-order valence-electron chi connectivity index (χ2n) is 6.49. The van der Waals surface area contributed by atoms with Gasteiger partial charge in [-0.25, -0.2) is 0 Å². The summed E-state index contributed by atoms with van der Waals surface area (Å²) in [5.74, 6) is 0. The molecule has 0 aromatic heterocycles. The van der Waals surface area contributed by atoms with Crippen LogP contribution in [0.1, 0.15) is 47.1 Å². The molecule has 0 N–H and O–H groups in total. The summed E-state index contributed by atoms with van der Waals surface area (Å²) in [6, 6.07) is 7.68. The molecule has 0 radical (unpaired) electrons. The third-order valence-electron chi connectivity index (χ3n) is 4.57. The zero-order valence-corrected chi connectivity index (χ0v) is 14.6. The van der Waals surface area contributed by atoms with Crippen LogP contribution in [0.15, 0.2) is 30.0 Å². The minimum Gasteiger partial charge on any atom is -0.0929 e. The number of nitrogens with zero attached hydrogens (tertiary/aromatic N) is 2. The van der Waals surface area contributed by atoms with Crippen LogP contribution in [-0.4, -0.2) is 8.07 Å². The molecule has 3 heteroatoms. The number of benzene rings is 1. The molecular formula is C17H27N2Si+. The summed E-state index contributed by atoms with van der Waals surface area (Å²) in [5.41, 5.74) is 6.47. The van der Waals surface area contributed by atoms with Gasteiger partial charge in [0.1, 0.15) is 0 Å². The van der Waals surface area contributed by atoms with Crippen molar-refractivity contribution >= 4 is 19.8 Å². The first-order chi connectivity index (χ1) is 9.34. The van der Waals surface area contributed by atoms with Crippen molar-refractivity contribution in [1.29, 1.82) is 5.39 Å². The molecule has 1 aromatic rings. The predicted octanol–water partition coefficient (Wildman–Crippen LogP) is 6.40. The lowest BCUT2D eigenvalue weighted by atomic mass is 10.2. The van der Waals surface area contributed by atoms with Gasteiger partial charge in [-0.05, 0) is 34.3 Å².